The Balaban J connectivity index is 1.60. The van der Waals surface area contributed by atoms with Crippen molar-refractivity contribution in [2.45, 2.75) is 0 Å². The van der Waals surface area contributed by atoms with E-state index in [1.807, 2.05) is 7.05 Å². The second-order valence-electron chi connectivity index (χ2n) is 6.27. The Kier molecular flexibility index (Phi) is 5.32. The van der Waals surface area contributed by atoms with Gasteiger partial charge in [0.25, 0.3) is 16.1 Å². The van der Waals surface area contributed by atoms with Crippen LogP contribution in [0.25, 0.3) is 0 Å². The van der Waals surface area contributed by atoms with Gasteiger partial charge in [0, 0.05) is 70.2 Å². The molecule has 0 radical (unpaired) electrons. The van der Waals surface area contributed by atoms with Gasteiger partial charge in [-0.15, -0.1) is 0 Å². The first-order valence-corrected chi connectivity index (χ1v) is 9.62. The first-order valence-electron chi connectivity index (χ1n) is 8.22. The van der Waals surface area contributed by atoms with Crippen LogP contribution in [-0.4, -0.2) is 97.1 Å². The van der Waals surface area contributed by atoms with Crippen LogP contribution in [0.2, 0.25) is 0 Å². The molecule has 10 heteroatoms. The lowest BCUT2D eigenvalue weighted by Crippen LogP contribution is -2.57. The van der Waals surface area contributed by atoms with Gasteiger partial charge in [0.2, 0.25) is 5.95 Å². The van der Waals surface area contributed by atoms with Crippen molar-refractivity contribution < 1.29 is 17.6 Å². The molecule has 0 N–H and O–H groups in total. The molecule has 0 bridgehead atoms. The number of likely N-dealkylation sites (N-methyl/N-ethyl adjacent to an activating group) is 1. The third-order valence-corrected chi connectivity index (χ3v) is 6.65. The number of piperazine rings is 2. The van der Waals surface area contributed by atoms with Crippen LogP contribution in [0.1, 0.15) is 10.4 Å². The molecular formula is C15H22FN5O3S. The van der Waals surface area contributed by atoms with Crippen LogP contribution in [0.5, 0.6) is 0 Å². The highest BCUT2D eigenvalue weighted by atomic mass is 32.2. The smallest absolute Gasteiger partial charge is 0.282 e. The van der Waals surface area contributed by atoms with Gasteiger partial charge in [-0.05, 0) is 13.1 Å². The SMILES string of the molecule is CN1CCN(S(=O)(=O)N2CCN(C(=O)c3ccnc(F)c3)CC2)CC1. The molecule has 2 aliphatic rings. The van der Waals surface area contributed by atoms with E-state index in [1.165, 1.54) is 20.9 Å². The van der Waals surface area contributed by atoms with E-state index in [0.29, 0.717) is 26.2 Å². The third-order valence-electron chi connectivity index (χ3n) is 4.61. The van der Waals surface area contributed by atoms with E-state index in [0.717, 1.165) is 6.07 Å². The van der Waals surface area contributed by atoms with Gasteiger partial charge in [0.05, 0.1) is 0 Å². The molecule has 1 aromatic rings. The largest absolute Gasteiger partial charge is 0.336 e. The molecule has 0 aliphatic carbocycles. The fourth-order valence-electron chi connectivity index (χ4n) is 3.02. The molecule has 0 saturated carbocycles. The van der Waals surface area contributed by atoms with Crippen molar-refractivity contribution in [2.24, 2.45) is 0 Å². The number of nitrogens with zero attached hydrogens (tertiary/aromatic N) is 5. The zero-order chi connectivity index (χ0) is 18.0. The Labute approximate surface area is 147 Å². The lowest BCUT2D eigenvalue weighted by Gasteiger charge is -2.39. The molecule has 8 nitrogen and oxygen atoms in total. The molecule has 0 atom stereocenters. The minimum atomic E-state index is -3.50. The maximum Gasteiger partial charge on any atom is 0.282 e. The minimum Gasteiger partial charge on any atom is -0.336 e. The highest BCUT2D eigenvalue weighted by molar-refractivity contribution is 7.86. The number of carbonyl (C=O) groups is 1. The predicted octanol–water partition coefficient (Wildman–Crippen LogP) is -0.529. The Morgan fingerprint density at radius 1 is 1.04 bits per heavy atom. The Bertz CT molecular complexity index is 728. The summed E-state index contributed by atoms with van der Waals surface area (Å²) in [6, 6.07) is 2.55. The molecule has 2 fully saturated rings. The van der Waals surface area contributed by atoms with Crippen LogP contribution in [0.4, 0.5) is 4.39 Å². The quantitative estimate of drug-likeness (QED) is 0.668. The van der Waals surface area contributed by atoms with Crippen LogP contribution < -0.4 is 0 Å². The standard InChI is InChI=1S/C15H22FN5O3S/c1-18-4-8-20(9-5-18)25(23,24)21-10-6-19(7-11-21)15(22)13-2-3-17-14(16)12-13/h2-3,12H,4-11H2,1H3. The van der Waals surface area contributed by atoms with Gasteiger partial charge < -0.3 is 9.80 Å². The molecule has 138 valence electrons. The summed E-state index contributed by atoms with van der Waals surface area (Å²) in [5.74, 6) is -1.01. The molecule has 3 heterocycles. The van der Waals surface area contributed by atoms with Crippen molar-refractivity contribution in [1.82, 2.24) is 23.4 Å². The molecule has 0 aromatic carbocycles. The highest BCUT2D eigenvalue weighted by Crippen LogP contribution is 2.16. The Morgan fingerprint density at radius 2 is 1.60 bits per heavy atom. The second-order valence-corrected chi connectivity index (χ2v) is 8.20. The Hall–Kier alpha value is -1.62. The zero-order valence-electron chi connectivity index (χ0n) is 14.1. The van der Waals surface area contributed by atoms with E-state index in [2.05, 4.69) is 9.88 Å². The summed E-state index contributed by atoms with van der Waals surface area (Å²) in [7, 11) is -1.53. The second kappa shape index (κ2) is 7.32. The van der Waals surface area contributed by atoms with Crippen molar-refractivity contribution in [3.05, 3.63) is 29.8 Å². The summed E-state index contributed by atoms with van der Waals surface area (Å²) >= 11 is 0. The van der Waals surface area contributed by atoms with Crippen LogP contribution in [0, 0.1) is 5.95 Å². The summed E-state index contributed by atoms with van der Waals surface area (Å²) in [6.45, 7) is 3.45. The van der Waals surface area contributed by atoms with Crippen LogP contribution in [0.15, 0.2) is 18.3 Å². The maximum absolute atomic E-state index is 13.2. The first kappa shape index (κ1) is 18.2. The number of amides is 1. The summed E-state index contributed by atoms with van der Waals surface area (Å²) in [4.78, 5) is 19.5. The molecule has 0 unspecified atom stereocenters. The summed E-state index contributed by atoms with van der Waals surface area (Å²) < 4.78 is 41.5. The van der Waals surface area contributed by atoms with E-state index in [1.54, 1.807) is 4.90 Å². The molecule has 25 heavy (non-hydrogen) atoms. The number of hydrogen-bond donors (Lipinski definition) is 0. The van der Waals surface area contributed by atoms with Gasteiger partial charge in [-0.25, -0.2) is 4.98 Å². The molecule has 2 aliphatic heterocycles. The number of aromatic nitrogens is 1. The zero-order valence-corrected chi connectivity index (χ0v) is 15.0. The monoisotopic (exact) mass is 371 g/mol. The Morgan fingerprint density at radius 3 is 2.16 bits per heavy atom. The van der Waals surface area contributed by atoms with Gasteiger partial charge >= 0.3 is 0 Å². The van der Waals surface area contributed by atoms with E-state index in [4.69, 9.17) is 0 Å². The number of carbonyl (C=O) groups excluding carboxylic acids is 1. The van der Waals surface area contributed by atoms with Gasteiger partial charge in [-0.3, -0.25) is 4.79 Å². The van der Waals surface area contributed by atoms with Crippen molar-refractivity contribution in [1.29, 1.82) is 0 Å². The van der Waals surface area contributed by atoms with Crippen molar-refractivity contribution in [3.8, 4) is 0 Å². The van der Waals surface area contributed by atoms with Crippen molar-refractivity contribution in [3.63, 3.8) is 0 Å². The van der Waals surface area contributed by atoms with Gasteiger partial charge in [-0.1, -0.05) is 0 Å². The fourth-order valence-corrected chi connectivity index (χ4v) is 4.60. The lowest BCUT2D eigenvalue weighted by atomic mass is 10.2. The average molecular weight is 371 g/mol. The van der Waals surface area contributed by atoms with E-state index < -0.39 is 16.2 Å². The number of pyridine rings is 1. The predicted molar refractivity (Wildman–Crippen MR) is 89.7 cm³/mol. The summed E-state index contributed by atoms with van der Waals surface area (Å²) in [5.41, 5.74) is 0.225. The maximum atomic E-state index is 13.2. The van der Waals surface area contributed by atoms with E-state index >= 15 is 0 Å². The van der Waals surface area contributed by atoms with Crippen molar-refractivity contribution in [2.75, 3.05) is 59.4 Å². The minimum absolute atomic E-state index is 0.225. The van der Waals surface area contributed by atoms with Crippen LogP contribution in [0.3, 0.4) is 0 Å². The molecule has 1 amide bonds. The summed E-state index contributed by atoms with van der Waals surface area (Å²) in [5, 5.41) is 0. The fraction of sp³-hybridized carbons (Fsp3) is 0.600. The van der Waals surface area contributed by atoms with Crippen molar-refractivity contribution >= 4 is 16.1 Å². The topological polar surface area (TPSA) is 77.1 Å². The van der Waals surface area contributed by atoms with Crippen LogP contribution >= 0.6 is 0 Å². The molecule has 3 rings (SSSR count). The van der Waals surface area contributed by atoms with Gasteiger partial charge in [-0.2, -0.15) is 21.4 Å². The van der Waals surface area contributed by atoms with Gasteiger partial charge in [0.1, 0.15) is 0 Å². The summed E-state index contributed by atoms with van der Waals surface area (Å²) in [6.07, 6.45) is 1.25. The normalized spacial score (nSPS) is 21.4. The lowest BCUT2D eigenvalue weighted by molar-refractivity contribution is 0.0691. The molecule has 2 saturated heterocycles. The van der Waals surface area contributed by atoms with Crippen LogP contribution in [-0.2, 0) is 10.2 Å². The molecular weight excluding hydrogens is 349 g/mol. The molecule has 0 spiro atoms. The number of rotatable bonds is 3. The number of hydrogen-bond acceptors (Lipinski definition) is 5. The third kappa shape index (κ3) is 3.97. The first-order chi connectivity index (χ1) is 11.9. The number of halogens is 1. The van der Waals surface area contributed by atoms with E-state index in [-0.39, 0.29) is 37.6 Å². The van der Waals surface area contributed by atoms with Gasteiger partial charge in [0.15, 0.2) is 0 Å². The molecule has 1 aromatic heterocycles. The van der Waals surface area contributed by atoms with E-state index in [9.17, 15) is 17.6 Å². The average Bonchev–Trinajstić information content (AvgIpc) is 2.61. The highest BCUT2D eigenvalue weighted by Gasteiger charge is 2.34.